The number of carbonyl (C=O) groups excluding carboxylic acids is 2. The molecular formula is C28H34N2O6S. The monoisotopic (exact) mass is 526 g/mol. The minimum atomic E-state index is -3.63. The number of Topliss-reactive ketones (excluding diaryl/α,β-unsaturated/α-hetero) is 1. The fourth-order valence-corrected chi connectivity index (χ4v) is 6.42. The van der Waals surface area contributed by atoms with Crippen LogP contribution in [0, 0.1) is 0 Å². The van der Waals surface area contributed by atoms with E-state index in [0.29, 0.717) is 24.6 Å². The SMILES string of the molecule is COCCN1C(=O)C(=O)/C(=C(/O)c2ccc(S(=O)(=O)N3CCCCC3)cc2)[C@H]1c1ccc(C(C)C)cc1. The third-order valence-corrected chi connectivity index (χ3v) is 8.99. The van der Waals surface area contributed by atoms with E-state index >= 15 is 0 Å². The Kier molecular flexibility index (Phi) is 8.16. The van der Waals surface area contributed by atoms with Crippen LogP contribution in [-0.4, -0.2) is 67.8 Å². The molecule has 2 aliphatic rings. The van der Waals surface area contributed by atoms with E-state index in [2.05, 4.69) is 13.8 Å². The van der Waals surface area contributed by atoms with E-state index in [0.717, 1.165) is 24.8 Å². The van der Waals surface area contributed by atoms with E-state index in [1.54, 1.807) is 0 Å². The Morgan fingerprint density at radius 2 is 1.62 bits per heavy atom. The number of hydrogen-bond donors (Lipinski definition) is 1. The van der Waals surface area contributed by atoms with Gasteiger partial charge in [-0.1, -0.05) is 44.5 Å². The normalized spacial score (nSPS) is 20.6. The average Bonchev–Trinajstić information content (AvgIpc) is 3.17. The summed E-state index contributed by atoms with van der Waals surface area (Å²) in [6.07, 6.45) is 2.68. The molecule has 0 saturated carbocycles. The van der Waals surface area contributed by atoms with Gasteiger partial charge in [-0.05, 0) is 54.2 Å². The first-order valence-corrected chi connectivity index (χ1v) is 14.1. The van der Waals surface area contributed by atoms with Crippen molar-refractivity contribution in [2.24, 2.45) is 0 Å². The van der Waals surface area contributed by atoms with Crippen molar-refractivity contribution in [3.8, 4) is 0 Å². The molecule has 37 heavy (non-hydrogen) atoms. The van der Waals surface area contributed by atoms with Crippen LogP contribution >= 0.6 is 0 Å². The summed E-state index contributed by atoms with van der Waals surface area (Å²) in [6.45, 7) is 5.55. The van der Waals surface area contributed by atoms with Crippen molar-refractivity contribution in [1.29, 1.82) is 0 Å². The summed E-state index contributed by atoms with van der Waals surface area (Å²) in [5.41, 5.74) is 2.06. The number of ketones is 1. The number of carbonyl (C=O) groups is 2. The van der Waals surface area contributed by atoms with Gasteiger partial charge in [0.1, 0.15) is 5.76 Å². The smallest absolute Gasteiger partial charge is 0.295 e. The van der Waals surface area contributed by atoms with Crippen LogP contribution in [0.1, 0.15) is 61.8 Å². The minimum Gasteiger partial charge on any atom is -0.507 e. The second kappa shape index (κ2) is 11.2. The predicted molar refractivity (Wildman–Crippen MR) is 140 cm³/mol. The molecule has 1 N–H and O–H groups in total. The number of aliphatic hydroxyl groups excluding tert-OH is 1. The van der Waals surface area contributed by atoms with Gasteiger partial charge in [-0.15, -0.1) is 0 Å². The molecule has 1 atom stereocenters. The first-order chi connectivity index (χ1) is 17.7. The number of benzene rings is 2. The molecule has 2 fully saturated rings. The number of sulfonamides is 1. The number of nitrogens with zero attached hydrogens (tertiary/aromatic N) is 2. The van der Waals surface area contributed by atoms with Crippen molar-refractivity contribution in [3.63, 3.8) is 0 Å². The third kappa shape index (κ3) is 5.35. The first-order valence-electron chi connectivity index (χ1n) is 12.6. The number of aliphatic hydroxyl groups is 1. The summed E-state index contributed by atoms with van der Waals surface area (Å²) >= 11 is 0. The molecule has 0 radical (unpaired) electrons. The van der Waals surface area contributed by atoms with Gasteiger partial charge in [0.15, 0.2) is 0 Å². The van der Waals surface area contributed by atoms with E-state index in [4.69, 9.17) is 4.74 Å². The highest BCUT2D eigenvalue weighted by Gasteiger charge is 2.45. The van der Waals surface area contributed by atoms with Gasteiger partial charge in [-0.25, -0.2) is 8.42 Å². The molecule has 198 valence electrons. The van der Waals surface area contributed by atoms with Crippen LogP contribution in [0.25, 0.3) is 5.76 Å². The Morgan fingerprint density at radius 3 is 2.19 bits per heavy atom. The van der Waals surface area contributed by atoms with Gasteiger partial charge in [-0.3, -0.25) is 9.59 Å². The van der Waals surface area contributed by atoms with Crippen LogP contribution in [0.15, 0.2) is 59.0 Å². The fourth-order valence-electron chi connectivity index (χ4n) is 4.90. The number of hydrogen-bond acceptors (Lipinski definition) is 6. The van der Waals surface area contributed by atoms with Crippen molar-refractivity contribution < 1.29 is 27.9 Å². The lowest BCUT2D eigenvalue weighted by molar-refractivity contribution is -0.140. The maximum absolute atomic E-state index is 13.1. The minimum absolute atomic E-state index is 0.0231. The predicted octanol–water partition coefficient (Wildman–Crippen LogP) is 4.05. The second-order valence-electron chi connectivity index (χ2n) is 9.80. The number of piperidine rings is 1. The van der Waals surface area contributed by atoms with E-state index in [9.17, 15) is 23.1 Å². The highest BCUT2D eigenvalue weighted by molar-refractivity contribution is 7.89. The molecule has 0 aromatic heterocycles. The zero-order valence-corrected chi connectivity index (χ0v) is 22.3. The summed E-state index contributed by atoms with van der Waals surface area (Å²) < 4.78 is 32.7. The van der Waals surface area contributed by atoms with Crippen molar-refractivity contribution in [1.82, 2.24) is 9.21 Å². The number of ether oxygens (including phenoxy) is 1. The third-order valence-electron chi connectivity index (χ3n) is 7.08. The van der Waals surface area contributed by atoms with E-state index in [1.165, 1.54) is 40.6 Å². The molecule has 2 aromatic carbocycles. The average molecular weight is 527 g/mol. The molecule has 0 spiro atoms. The lowest BCUT2D eigenvalue weighted by atomic mass is 9.93. The summed E-state index contributed by atoms with van der Waals surface area (Å²) in [7, 11) is -2.12. The van der Waals surface area contributed by atoms with E-state index in [1.807, 2.05) is 24.3 Å². The molecule has 0 unspecified atom stereocenters. The Morgan fingerprint density at radius 1 is 1.00 bits per heavy atom. The lowest BCUT2D eigenvalue weighted by Gasteiger charge is -2.26. The van der Waals surface area contributed by atoms with Gasteiger partial charge in [-0.2, -0.15) is 4.31 Å². The van der Waals surface area contributed by atoms with Gasteiger partial charge >= 0.3 is 0 Å². The van der Waals surface area contributed by atoms with E-state index < -0.39 is 27.8 Å². The van der Waals surface area contributed by atoms with Crippen LogP contribution in [0.3, 0.4) is 0 Å². The summed E-state index contributed by atoms with van der Waals surface area (Å²) in [4.78, 5) is 27.6. The molecule has 8 nitrogen and oxygen atoms in total. The van der Waals surface area contributed by atoms with Gasteiger partial charge in [0, 0.05) is 32.3 Å². The maximum atomic E-state index is 13.1. The lowest BCUT2D eigenvalue weighted by Crippen LogP contribution is -2.35. The Hall–Kier alpha value is -3.01. The van der Waals surface area contributed by atoms with Crippen LogP contribution in [-0.2, 0) is 24.3 Å². The molecule has 2 saturated heterocycles. The van der Waals surface area contributed by atoms with Crippen molar-refractivity contribution in [2.75, 3.05) is 33.4 Å². The molecule has 0 bridgehead atoms. The molecule has 9 heteroatoms. The largest absolute Gasteiger partial charge is 0.507 e. The molecule has 2 heterocycles. The Balaban J connectivity index is 1.73. The number of likely N-dealkylation sites (tertiary alicyclic amines) is 1. The van der Waals surface area contributed by atoms with Gasteiger partial charge in [0.05, 0.1) is 23.1 Å². The molecule has 1 amide bonds. The van der Waals surface area contributed by atoms with Crippen molar-refractivity contribution >= 4 is 27.5 Å². The molecule has 0 aliphatic carbocycles. The fraction of sp³-hybridized carbons (Fsp3) is 0.429. The number of methoxy groups -OCH3 is 1. The molecule has 4 rings (SSSR count). The van der Waals surface area contributed by atoms with Gasteiger partial charge in [0.2, 0.25) is 10.0 Å². The van der Waals surface area contributed by atoms with Crippen LogP contribution in [0.2, 0.25) is 0 Å². The number of rotatable bonds is 8. The Labute approximate surface area is 218 Å². The van der Waals surface area contributed by atoms with E-state index in [-0.39, 0.29) is 34.9 Å². The first kappa shape index (κ1) is 27.0. The highest BCUT2D eigenvalue weighted by atomic mass is 32.2. The van der Waals surface area contributed by atoms with Gasteiger partial charge in [0.25, 0.3) is 11.7 Å². The van der Waals surface area contributed by atoms with Crippen molar-refractivity contribution in [3.05, 3.63) is 70.8 Å². The zero-order chi connectivity index (χ0) is 26.7. The topological polar surface area (TPSA) is 104 Å². The number of amides is 1. The standard InChI is InChI=1S/C28H34N2O6S/c1-19(2)20-7-9-21(10-8-20)25-24(27(32)28(33)30(25)17-18-36-3)26(31)22-11-13-23(14-12-22)37(34,35)29-15-5-4-6-16-29/h7-14,19,25,31H,4-6,15-18H2,1-3H3/b26-24+/t25-/m1/s1. The zero-order valence-electron chi connectivity index (χ0n) is 21.5. The summed E-state index contributed by atoms with van der Waals surface area (Å²) in [6, 6.07) is 12.7. The highest BCUT2D eigenvalue weighted by Crippen LogP contribution is 2.39. The molecule has 2 aromatic rings. The van der Waals surface area contributed by atoms with Crippen molar-refractivity contribution in [2.45, 2.75) is 50.0 Å². The summed E-state index contributed by atoms with van der Waals surface area (Å²) in [5, 5.41) is 11.3. The second-order valence-corrected chi connectivity index (χ2v) is 11.7. The maximum Gasteiger partial charge on any atom is 0.295 e. The van der Waals surface area contributed by atoms with Crippen LogP contribution in [0.5, 0.6) is 0 Å². The Bertz CT molecular complexity index is 1280. The molecule has 2 aliphatic heterocycles. The van der Waals surface area contributed by atoms with Gasteiger partial charge < -0.3 is 14.7 Å². The summed E-state index contributed by atoms with van der Waals surface area (Å²) in [5.74, 6) is -1.51. The van der Waals surface area contributed by atoms with Crippen LogP contribution < -0.4 is 0 Å². The quantitative estimate of drug-likeness (QED) is 0.316. The molecular weight excluding hydrogens is 492 g/mol. The van der Waals surface area contributed by atoms with Crippen LogP contribution in [0.4, 0.5) is 0 Å².